The third-order valence-corrected chi connectivity index (χ3v) is 4.66. The maximum absolute atomic E-state index is 14.1. The Bertz CT molecular complexity index is 874. The number of benzene rings is 2. The minimum atomic E-state index is -0.985. The Hall–Kier alpha value is -2.48. The van der Waals surface area contributed by atoms with E-state index in [0.29, 0.717) is 6.07 Å². The third kappa shape index (κ3) is 6.02. The Morgan fingerprint density at radius 2 is 1.79 bits per heavy atom. The van der Waals surface area contributed by atoms with Crippen LogP contribution < -0.4 is 5.32 Å². The molecule has 0 saturated heterocycles. The van der Waals surface area contributed by atoms with Gasteiger partial charge in [0.2, 0.25) is 0 Å². The molecule has 8 heteroatoms. The fourth-order valence-electron chi connectivity index (χ4n) is 2.14. The lowest BCUT2D eigenvalue weighted by Gasteiger charge is -2.14. The van der Waals surface area contributed by atoms with Crippen LogP contribution in [-0.2, 0) is 9.53 Å². The number of hydrogen-bond acceptors (Lipinski definition) is 4. The Balaban J connectivity index is 2.15. The third-order valence-electron chi connectivity index (χ3n) is 3.55. The molecule has 0 spiro atoms. The van der Waals surface area contributed by atoms with Crippen molar-refractivity contribution in [3.63, 3.8) is 0 Å². The first kappa shape index (κ1) is 21.8. The van der Waals surface area contributed by atoms with Gasteiger partial charge in [0.25, 0.3) is 5.91 Å². The van der Waals surface area contributed by atoms with Crippen molar-refractivity contribution < 1.29 is 27.5 Å². The number of thioether (sulfide) groups is 1. The smallest absolute Gasteiger partial charge is 0.319 e. The van der Waals surface area contributed by atoms with Gasteiger partial charge in [-0.1, -0.05) is 19.9 Å². The molecule has 4 nitrogen and oxygen atoms in total. The maximum atomic E-state index is 14.1. The topological polar surface area (TPSA) is 55.4 Å². The summed E-state index contributed by atoms with van der Waals surface area (Å²) in [6.45, 7) is 5.56. The standard InChI is InChI=1S/C20H20F3NO3S/c1-11(2)10-27-20(26)12(3)28-18-9-17(15(22)8-16(18)23)24-19(25)13-5-4-6-14(21)7-13/h4-9,11-12H,10H2,1-3H3,(H,24,25). The second kappa shape index (κ2) is 9.64. The van der Waals surface area contributed by atoms with Crippen LogP contribution in [0.2, 0.25) is 0 Å². The molecule has 2 rings (SSSR count). The van der Waals surface area contributed by atoms with Gasteiger partial charge in [-0.2, -0.15) is 0 Å². The zero-order valence-electron chi connectivity index (χ0n) is 15.6. The first-order chi connectivity index (χ1) is 13.2. The number of esters is 1. The molecule has 0 radical (unpaired) electrons. The average Bonchev–Trinajstić information content (AvgIpc) is 2.63. The minimum Gasteiger partial charge on any atom is -0.465 e. The summed E-state index contributed by atoms with van der Waals surface area (Å²) in [5.41, 5.74) is -0.288. The van der Waals surface area contributed by atoms with Crippen molar-refractivity contribution in [2.45, 2.75) is 30.9 Å². The molecule has 0 fully saturated rings. The van der Waals surface area contributed by atoms with Crippen molar-refractivity contribution in [2.24, 2.45) is 5.92 Å². The molecule has 150 valence electrons. The quantitative estimate of drug-likeness (QED) is 0.513. The molecule has 0 heterocycles. The van der Waals surface area contributed by atoms with Crippen LogP contribution >= 0.6 is 11.8 Å². The zero-order chi connectivity index (χ0) is 20.8. The molecule has 0 saturated carbocycles. The summed E-state index contributed by atoms with van der Waals surface area (Å²) in [4.78, 5) is 24.1. The lowest BCUT2D eigenvalue weighted by molar-refractivity contribution is -0.143. The van der Waals surface area contributed by atoms with Gasteiger partial charge in [0, 0.05) is 16.5 Å². The summed E-state index contributed by atoms with van der Waals surface area (Å²) in [6, 6.07) is 6.59. The van der Waals surface area contributed by atoms with Crippen LogP contribution in [0.5, 0.6) is 0 Å². The van der Waals surface area contributed by atoms with E-state index in [0.717, 1.165) is 23.9 Å². The van der Waals surface area contributed by atoms with Crippen molar-refractivity contribution >= 4 is 29.3 Å². The Morgan fingerprint density at radius 1 is 1.07 bits per heavy atom. The average molecular weight is 411 g/mol. The van der Waals surface area contributed by atoms with Crippen molar-refractivity contribution in [1.29, 1.82) is 0 Å². The van der Waals surface area contributed by atoms with E-state index >= 15 is 0 Å². The van der Waals surface area contributed by atoms with Crippen molar-refractivity contribution in [3.05, 3.63) is 59.4 Å². The summed E-state index contributed by atoms with van der Waals surface area (Å²) in [7, 11) is 0. The van der Waals surface area contributed by atoms with Crippen molar-refractivity contribution in [2.75, 3.05) is 11.9 Å². The lowest BCUT2D eigenvalue weighted by atomic mass is 10.2. The van der Waals surface area contributed by atoms with Gasteiger partial charge in [0.1, 0.15) is 22.7 Å². The highest BCUT2D eigenvalue weighted by Crippen LogP contribution is 2.31. The van der Waals surface area contributed by atoms with Gasteiger partial charge in [0.15, 0.2) is 0 Å². The Morgan fingerprint density at radius 3 is 2.43 bits per heavy atom. The van der Waals surface area contributed by atoms with Crippen molar-refractivity contribution in [3.8, 4) is 0 Å². The number of anilines is 1. The lowest BCUT2D eigenvalue weighted by Crippen LogP contribution is -2.19. The molecular weight excluding hydrogens is 391 g/mol. The van der Waals surface area contributed by atoms with Gasteiger partial charge in [-0.3, -0.25) is 9.59 Å². The maximum Gasteiger partial charge on any atom is 0.319 e. The summed E-state index contributed by atoms with van der Waals surface area (Å²) < 4.78 is 46.5. The first-order valence-electron chi connectivity index (χ1n) is 8.56. The summed E-state index contributed by atoms with van der Waals surface area (Å²) in [6.07, 6.45) is 0. The highest BCUT2D eigenvalue weighted by atomic mass is 32.2. The predicted octanol–water partition coefficient (Wildman–Crippen LogP) is 5.04. The molecule has 1 N–H and O–H groups in total. The molecule has 0 aliphatic carbocycles. The molecular formula is C20H20F3NO3S. The first-order valence-corrected chi connectivity index (χ1v) is 9.44. The van der Waals surface area contributed by atoms with Crippen LogP contribution in [-0.4, -0.2) is 23.7 Å². The van der Waals surface area contributed by atoms with Crippen LogP contribution in [0.4, 0.5) is 18.9 Å². The molecule has 0 aromatic heterocycles. The second-order valence-electron chi connectivity index (χ2n) is 6.51. The van der Waals surface area contributed by atoms with Crippen LogP contribution in [0.15, 0.2) is 41.3 Å². The highest BCUT2D eigenvalue weighted by molar-refractivity contribution is 8.00. The monoisotopic (exact) mass is 411 g/mol. The number of carbonyl (C=O) groups excluding carboxylic acids is 2. The van der Waals surface area contributed by atoms with Gasteiger partial charge >= 0.3 is 5.97 Å². The van der Waals surface area contributed by atoms with E-state index in [1.54, 1.807) is 6.92 Å². The van der Waals surface area contributed by atoms with E-state index in [1.807, 2.05) is 13.8 Å². The Kier molecular flexibility index (Phi) is 7.51. The van der Waals surface area contributed by atoms with Gasteiger partial charge in [-0.15, -0.1) is 11.8 Å². The van der Waals surface area contributed by atoms with E-state index < -0.39 is 34.6 Å². The molecule has 28 heavy (non-hydrogen) atoms. The molecule has 0 aliphatic heterocycles. The van der Waals surface area contributed by atoms with Crippen molar-refractivity contribution in [1.82, 2.24) is 0 Å². The summed E-state index contributed by atoms with van der Waals surface area (Å²) in [5, 5.41) is 1.56. The number of amides is 1. The van der Waals surface area contributed by atoms with E-state index in [2.05, 4.69) is 5.32 Å². The molecule has 1 unspecified atom stereocenters. The molecule has 2 aromatic rings. The van der Waals surface area contributed by atoms with Crippen LogP contribution in [0.1, 0.15) is 31.1 Å². The molecule has 0 bridgehead atoms. The van der Waals surface area contributed by atoms with Crippen LogP contribution in [0.3, 0.4) is 0 Å². The number of carbonyl (C=O) groups is 2. The SMILES string of the molecule is CC(C)COC(=O)C(C)Sc1cc(NC(=O)c2cccc(F)c2)c(F)cc1F. The fraction of sp³-hybridized carbons (Fsp3) is 0.300. The normalized spacial score (nSPS) is 12.0. The molecule has 2 aromatic carbocycles. The van der Waals surface area contributed by atoms with Gasteiger partial charge in [-0.25, -0.2) is 13.2 Å². The summed E-state index contributed by atoms with van der Waals surface area (Å²) in [5.74, 6) is -3.57. The fourth-order valence-corrected chi connectivity index (χ4v) is 3.05. The van der Waals surface area contributed by atoms with Crippen LogP contribution in [0.25, 0.3) is 0 Å². The minimum absolute atomic E-state index is 0.0106. The number of ether oxygens (including phenoxy) is 1. The van der Waals surface area contributed by atoms with E-state index in [9.17, 15) is 22.8 Å². The number of hydrogen-bond donors (Lipinski definition) is 1. The molecule has 1 atom stereocenters. The van der Waals surface area contributed by atoms with Crippen LogP contribution in [0, 0.1) is 23.4 Å². The Labute approximate surface area is 165 Å². The van der Waals surface area contributed by atoms with E-state index in [4.69, 9.17) is 4.74 Å². The zero-order valence-corrected chi connectivity index (χ0v) is 16.4. The molecule has 1 amide bonds. The van der Waals surface area contributed by atoms with Gasteiger partial charge in [0.05, 0.1) is 12.3 Å². The van der Waals surface area contributed by atoms with Gasteiger partial charge in [-0.05, 0) is 37.1 Å². The largest absolute Gasteiger partial charge is 0.465 e. The van der Waals surface area contributed by atoms with E-state index in [-0.39, 0.29) is 28.7 Å². The predicted molar refractivity (Wildman–Crippen MR) is 102 cm³/mol. The number of halogens is 3. The second-order valence-corrected chi connectivity index (χ2v) is 7.89. The van der Waals surface area contributed by atoms with E-state index in [1.165, 1.54) is 18.2 Å². The van der Waals surface area contributed by atoms with Gasteiger partial charge < -0.3 is 10.1 Å². The molecule has 0 aliphatic rings. The number of rotatable bonds is 7. The highest BCUT2D eigenvalue weighted by Gasteiger charge is 2.21. The summed E-state index contributed by atoms with van der Waals surface area (Å²) >= 11 is 0.851. The number of nitrogens with one attached hydrogen (secondary N) is 1.